The molecule has 0 amide bonds. The molecule has 20 heavy (non-hydrogen) atoms. The van der Waals surface area contributed by atoms with Crippen LogP contribution in [0.4, 0.5) is 5.69 Å². The van der Waals surface area contributed by atoms with Crippen LogP contribution < -0.4 is 5.32 Å². The molecule has 0 saturated carbocycles. The van der Waals surface area contributed by atoms with Crippen LogP contribution in [-0.2, 0) is 6.54 Å². The first-order valence-corrected chi connectivity index (χ1v) is 7.69. The van der Waals surface area contributed by atoms with Crippen molar-refractivity contribution in [1.82, 2.24) is 10.2 Å². The molecule has 1 aromatic carbocycles. The maximum absolute atomic E-state index is 11.0. The van der Waals surface area contributed by atoms with Crippen molar-refractivity contribution in [3.05, 3.63) is 38.3 Å². The third-order valence-corrected chi connectivity index (χ3v) is 4.38. The number of rotatable bonds is 5. The Hall–Kier alpha value is -0.980. The average molecular weight is 342 g/mol. The maximum atomic E-state index is 11.0. The third-order valence-electron chi connectivity index (χ3n) is 3.71. The van der Waals surface area contributed by atoms with E-state index in [4.69, 9.17) is 0 Å². The van der Waals surface area contributed by atoms with E-state index >= 15 is 0 Å². The number of hydrogen-bond acceptors (Lipinski definition) is 4. The number of halogens is 1. The van der Waals surface area contributed by atoms with Crippen LogP contribution in [0.15, 0.2) is 22.7 Å². The zero-order chi connectivity index (χ0) is 14.5. The zero-order valence-corrected chi connectivity index (χ0v) is 13.2. The van der Waals surface area contributed by atoms with Gasteiger partial charge in [-0.2, -0.15) is 0 Å². The van der Waals surface area contributed by atoms with Crippen LogP contribution in [0.25, 0.3) is 0 Å². The van der Waals surface area contributed by atoms with Crippen molar-refractivity contribution in [3.63, 3.8) is 0 Å². The minimum absolute atomic E-state index is 0.145. The number of likely N-dealkylation sites (tertiary alicyclic amines) is 1. The lowest BCUT2D eigenvalue weighted by molar-refractivity contribution is -0.385. The normalized spacial score (nSPS) is 20.0. The summed E-state index contributed by atoms with van der Waals surface area (Å²) >= 11 is 3.22. The predicted molar refractivity (Wildman–Crippen MR) is 82.7 cm³/mol. The number of nitrogens with one attached hydrogen (secondary N) is 1. The molecule has 1 N–H and O–H groups in total. The molecule has 1 saturated heterocycles. The van der Waals surface area contributed by atoms with E-state index in [1.807, 2.05) is 13.1 Å². The summed E-state index contributed by atoms with van der Waals surface area (Å²) in [5.74, 6) is 0.680. The maximum Gasteiger partial charge on any atom is 0.283 e. The summed E-state index contributed by atoms with van der Waals surface area (Å²) in [7, 11) is 1.98. The highest BCUT2D eigenvalue weighted by Gasteiger charge is 2.20. The highest BCUT2D eigenvalue weighted by atomic mass is 79.9. The van der Waals surface area contributed by atoms with Gasteiger partial charge in [-0.15, -0.1) is 0 Å². The van der Waals surface area contributed by atoms with Gasteiger partial charge in [0.2, 0.25) is 0 Å². The van der Waals surface area contributed by atoms with Crippen molar-refractivity contribution in [2.45, 2.75) is 19.4 Å². The van der Waals surface area contributed by atoms with Gasteiger partial charge in [-0.1, -0.05) is 6.07 Å². The van der Waals surface area contributed by atoms with Gasteiger partial charge >= 0.3 is 0 Å². The van der Waals surface area contributed by atoms with Gasteiger partial charge in [0.1, 0.15) is 0 Å². The Morgan fingerprint density at radius 2 is 2.35 bits per heavy atom. The minimum atomic E-state index is -0.340. The standard InChI is InChI=1S/C14H20BrN3O2/c1-16-8-12-3-2-6-17(10-12)9-11-4-5-13(15)14(7-11)18(19)20/h4-5,7,12,16H,2-3,6,8-10H2,1H3. The molecule has 1 aliphatic heterocycles. The van der Waals surface area contributed by atoms with Gasteiger partial charge < -0.3 is 5.32 Å². The Bertz CT molecular complexity index is 479. The Morgan fingerprint density at radius 3 is 3.05 bits per heavy atom. The second-order valence-electron chi connectivity index (χ2n) is 5.34. The topological polar surface area (TPSA) is 58.4 Å². The van der Waals surface area contributed by atoms with Crippen LogP contribution in [0, 0.1) is 16.0 Å². The minimum Gasteiger partial charge on any atom is -0.319 e. The van der Waals surface area contributed by atoms with Crippen molar-refractivity contribution in [3.8, 4) is 0 Å². The van der Waals surface area contributed by atoms with Gasteiger partial charge in [-0.25, -0.2) is 0 Å². The van der Waals surface area contributed by atoms with Crippen LogP contribution >= 0.6 is 15.9 Å². The summed E-state index contributed by atoms with van der Waals surface area (Å²) in [6.45, 7) is 3.96. The lowest BCUT2D eigenvalue weighted by Crippen LogP contribution is -2.38. The van der Waals surface area contributed by atoms with Crippen LogP contribution in [0.5, 0.6) is 0 Å². The van der Waals surface area contributed by atoms with E-state index in [1.54, 1.807) is 12.1 Å². The average Bonchev–Trinajstić information content (AvgIpc) is 2.41. The Kier molecular flexibility index (Phi) is 5.51. The zero-order valence-electron chi connectivity index (χ0n) is 11.6. The number of nitro groups is 1. The summed E-state index contributed by atoms with van der Waals surface area (Å²) in [4.78, 5) is 13.0. The molecule has 0 radical (unpaired) electrons. The summed E-state index contributed by atoms with van der Waals surface area (Å²) in [5.41, 5.74) is 1.15. The second-order valence-corrected chi connectivity index (χ2v) is 6.20. The Morgan fingerprint density at radius 1 is 1.55 bits per heavy atom. The molecule has 1 unspecified atom stereocenters. The fourth-order valence-corrected chi connectivity index (χ4v) is 3.20. The van der Waals surface area contributed by atoms with Crippen LogP contribution in [-0.4, -0.2) is 36.5 Å². The largest absolute Gasteiger partial charge is 0.319 e. The fourth-order valence-electron chi connectivity index (χ4n) is 2.80. The van der Waals surface area contributed by atoms with E-state index in [9.17, 15) is 10.1 Å². The molecular weight excluding hydrogens is 322 g/mol. The smallest absolute Gasteiger partial charge is 0.283 e. The predicted octanol–water partition coefficient (Wildman–Crippen LogP) is 2.79. The number of nitro benzene ring substituents is 1. The van der Waals surface area contributed by atoms with Crippen molar-refractivity contribution < 1.29 is 4.92 Å². The van der Waals surface area contributed by atoms with Gasteiger partial charge in [0.25, 0.3) is 5.69 Å². The van der Waals surface area contributed by atoms with Crippen LogP contribution in [0.1, 0.15) is 18.4 Å². The van der Waals surface area contributed by atoms with Gasteiger partial charge in [0, 0.05) is 19.2 Å². The fraction of sp³-hybridized carbons (Fsp3) is 0.571. The summed E-state index contributed by atoms with van der Waals surface area (Å²) in [5, 5.41) is 14.2. The monoisotopic (exact) mass is 341 g/mol. The van der Waals surface area contributed by atoms with E-state index in [-0.39, 0.29) is 10.6 Å². The molecule has 0 aliphatic carbocycles. The number of benzene rings is 1. The molecule has 5 nitrogen and oxygen atoms in total. The quantitative estimate of drug-likeness (QED) is 0.660. The summed E-state index contributed by atoms with van der Waals surface area (Å²) < 4.78 is 0.540. The number of piperidine rings is 1. The van der Waals surface area contributed by atoms with Crippen molar-refractivity contribution in [2.75, 3.05) is 26.7 Å². The third kappa shape index (κ3) is 4.01. The summed E-state index contributed by atoms with van der Waals surface area (Å²) in [6, 6.07) is 5.40. The molecule has 0 aromatic heterocycles. The highest BCUT2D eigenvalue weighted by molar-refractivity contribution is 9.10. The molecule has 110 valence electrons. The first-order valence-electron chi connectivity index (χ1n) is 6.90. The molecule has 1 aliphatic rings. The number of nitrogens with zero attached hydrogens (tertiary/aromatic N) is 2. The van der Waals surface area contributed by atoms with E-state index in [0.29, 0.717) is 10.4 Å². The van der Waals surface area contributed by atoms with Gasteiger partial charge in [-0.05, 0) is 66.5 Å². The molecule has 1 fully saturated rings. The SMILES string of the molecule is CNCC1CCCN(Cc2ccc(Br)c([N+](=O)[O-])c2)C1. The second kappa shape index (κ2) is 7.15. The molecule has 0 bridgehead atoms. The number of hydrogen-bond donors (Lipinski definition) is 1. The van der Waals surface area contributed by atoms with E-state index in [0.717, 1.165) is 31.7 Å². The van der Waals surface area contributed by atoms with E-state index in [2.05, 4.69) is 26.1 Å². The van der Waals surface area contributed by atoms with E-state index in [1.165, 1.54) is 12.8 Å². The Labute approximate surface area is 127 Å². The van der Waals surface area contributed by atoms with Gasteiger partial charge in [0.05, 0.1) is 9.40 Å². The highest BCUT2D eigenvalue weighted by Crippen LogP contribution is 2.27. The van der Waals surface area contributed by atoms with Gasteiger partial charge in [-0.3, -0.25) is 15.0 Å². The summed E-state index contributed by atoms with van der Waals surface area (Å²) in [6.07, 6.45) is 2.46. The van der Waals surface area contributed by atoms with Crippen molar-refractivity contribution in [1.29, 1.82) is 0 Å². The molecule has 1 atom stereocenters. The van der Waals surface area contributed by atoms with Crippen LogP contribution in [0.2, 0.25) is 0 Å². The lowest BCUT2D eigenvalue weighted by atomic mass is 9.97. The molecule has 1 aromatic rings. The first kappa shape index (κ1) is 15.4. The van der Waals surface area contributed by atoms with E-state index < -0.39 is 0 Å². The first-order chi connectivity index (χ1) is 9.60. The molecule has 1 heterocycles. The molecule has 2 rings (SSSR count). The lowest BCUT2D eigenvalue weighted by Gasteiger charge is -2.32. The Balaban J connectivity index is 2.02. The van der Waals surface area contributed by atoms with Gasteiger partial charge in [0.15, 0.2) is 0 Å². The van der Waals surface area contributed by atoms with Crippen molar-refractivity contribution in [2.24, 2.45) is 5.92 Å². The molecule has 0 spiro atoms. The van der Waals surface area contributed by atoms with Crippen LogP contribution in [0.3, 0.4) is 0 Å². The molecule has 6 heteroatoms. The molecular formula is C14H20BrN3O2. The van der Waals surface area contributed by atoms with Crippen molar-refractivity contribution >= 4 is 21.6 Å².